The van der Waals surface area contributed by atoms with Gasteiger partial charge in [0.1, 0.15) is 13.0 Å². The summed E-state index contributed by atoms with van der Waals surface area (Å²) in [7, 11) is 1.17. The highest BCUT2D eigenvalue weighted by molar-refractivity contribution is 5.94. The summed E-state index contributed by atoms with van der Waals surface area (Å²) < 4.78 is 4.20. The van der Waals surface area contributed by atoms with Crippen LogP contribution in [0.3, 0.4) is 0 Å². The number of carbonyl (C=O) groups is 3. The molecule has 68 valence electrons. The fraction of sp³-hybridized carbons (Fsp3) is 0.500. The Morgan fingerprint density at radius 1 is 1.42 bits per heavy atom. The number of carboxylic acids is 1. The fourth-order valence-electron chi connectivity index (χ4n) is 0.443. The van der Waals surface area contributed by atoms with Gasteiger partial charge in [0.25, 0.3) is 0 Å². The average molecular weight is 175 g/mol. The van der Waals surface area contributed by atoms with E-state index in [1.54, 1.807) is 0 Å². The molecule has 0 unspecified atom stereocenters. The van der Waals surface area contributed by atoms with Gasteiger partial charge in [0.05, 0.1) is 7.11 Å². The van der Waals surface area contributed by atoms with Crippen LogP contribution in [0.15, 0.2) is 0 Å². The Bertz CT molecular complexity index is 200. The van der Waals surface area contributed by atoms with Gasteiger partial charge in [0.2, 0.25) is 5.91 Å². The lowest BCUT2D eigenvalue weighted by Crippen LogP contribution is -2.31. The van der Waals surface area contributed by atoms with Crippen molar-refractivity contribution in [1.29, 1.82) is 0 Å². The maximum atomic E-state index is 10.6. The molecule has 0 aliphatic carbocycles. The first-order valence-corrected chi connectivity index (χ1v) is 3.11. The van der Waals surface area contributed by atoms with Crippen LogP contribution in [0.1, 0.15) is 6.42 Å². The van der Waals surface area contributed by atoms with E-state index in [9.17, 15) is 14.4 Å². The summed E-state index contributed by atoms with van der Waals surface area (Å²) in [6.07, 6.45) is -0.642. The first kappa shape index (κ1) is 10.4. The largest absolute Gasteiger partial charge is 0.481 e. The molecule has 0 aromatic rings. The lowest BCUT2D eigenvalue weighted by molar-refractivity contribution is -0.144. The first-order valence-electron chi connectivity index (χ1n) is 3.11. The Kier molecular flexibility index (Phi) is 4.43. The Hall–Kier alpha value is -1.59. The molecule has 0 aliphatic heterocycles. The molecule has 0 radical (unpaired) electrons. The van der Waals surface area contributed by atoms with Crippen LogP contribution < -0.4 is 5.32 Å². The third-order valence-electron chi connectivity index (χ3n) is 0.969. The minimum absolute atomic E-state index is 0.303. The van der Waals surface area contributed by atoms with Crippen LogP contribution in [0.4, 0.5) is 0 Å². The molecule has 0 rings (SSSR count). The van der Waals surface area contributed by atoms with E-state index in [2.05, 4.69) is 10.1 Å². The zero-order valence-electron chi connectivity index (χ0n) is 6.49. The van der Waals surface area contributed by atoms with Crippen molar-refractivity contribution in [2.24, 2.45) is 0 Å². The van der Waals surface area contributed by atoms with Gasteiger partial charge in [-0.15, -0.1) is 0 Å². The van der Waals surface area contributed by atoms with Crippen LogP contribution in [0.25, 0.3) is 0 Å². The molecule has 0 saturated heterocycles. The molecule has 0 atom stereocenters. The monoisotopic (exact) mass is 175 g/mol. The Morgan fingerprint density at radius 2 is 2.00 bits per heavy atom. The third-order valence-corrected chi connectivity index (χ3v) is 0.969. The number of ether oxygens (including phenoxy) is 1. The second kappa shape index (κ2) is 5.11. The standard InChI is InChI=1S/C6H9NO5/c1-12-6(11)3-7-4(8)2-5(9)10/h2-3H2,1H3,(H,7,8)(H,9,10). The van der Waals surface area contributed by atoms with Gasteiger partial charge < -0.3 is 15.2 Å². The zero-order valence-corrected chi connectivity index (χ0v) is 6.49. The highest BCUT2D eigenvalue weighted by Crippen LogP contribution is 1.79. The van der Waals surface area contributed by atoms with E-state index >= 15 is 0 Å². The molecule has 2 N–H and O–H groups in total. The van der Waals surface area contributed by atoms with Gasteiger partial charge in [-0.1, -0.05) is 0 Å². The first-order chi connectivity index (χ1) is 5.56. The Labute approximate surface area is 68.5 Å². The second-order valence-corrected chi connectivity index (χ2v) is 1.92. The van der Waals surface area contributed by atoms with Crippen molar-refractivity contribution < 1.29 is 24.2 Å². The molecule has 0 bridgehead atoms. The number of rotatable bonds is 4. The SMILES string of the molecule is COC(=O)CNC(=O)CC(=O)O. The predicted molar refractivity (Wildman–Crippen MR) is 37.3 cm³/mol. The molecular formula is C6H9NO5. The Balaban J connectivity index is 3.57. The average Bonchev–Trinajstić information content (AvgIpc) is 1.99. The summed E-state index contributed by atoms with van der Waals surface area (Å²) in [5.41, 5.74) is 0. The summed E-state index contributed by atoms with van der Waals surface area (Å²) in [5, 5.41) is 10.2. The summed E-state index contributed by atoms with van der Waals surface area (Å²) in [6, 6.07) is 0. The number of nitrogens with one attached hydrogen (secondary N) is 1. The topological polar surface area (TPSA) is 92.7 Å². The summed E-state index contributed by atoms with van der Waals surface area (Å²) in [6.45, 7) is -0.303. The summed E-state index contributed by atoms with van der Waals surface area (Å²) >= 11 is 0. The van der Waals surface area contributed by atoms with E-state index in [-0.39, 0.29) is 6.54 Å². The molecule has 0 spiro atoms. The summed E-state index contributed by atoms with van der Waals surface area (Å²) in [5.74, 6) is -2.57. The van der Waals surface area contributed by atoms with Crippen LogP contribution in [0.2, 0.25) is 0 Å². The van der Waals surface area contributed by atoms with Crippen LogP contribution in [-0.2, 0) is 19.1 Å². The summed E-state index contributed by atoms with van der Waals surface area (Å²) in [4.78, 5) is 30.9. The lowest BCUT2D eigenvalue weighted by Gasteiger charge is -2.00. The van der Waals surface area contributed by atoms with Crippen molar-refractivity contribution in [2.75, 3.05) is 13.7 Å². The van der Waals surface area contributed by atoms with E-state index in [1.165, 1.54) is 7.11 Å². The lowest BCUT2D eigenvalue weighted by atomic mass is 10.4. The molecule has 0 fully saturated rings. The highest BCUT2D eigenvalue weighted by atomic mass is 16.5. The molecule has 0 saturated carbocycles. The van der Waals surface area contributed by atoms with Crippen molar-refractivity contribution in [3.8, 4) is 0 Å². The fourth-order valence-corrected chi connectivity index (χ4v) is 0.443. The minimum Gasteiger partial charge on any atom is -0.481 e. The molecule has 0 aromatic heterocycles. The van der Waals surface area contributed by atoms with Gasteiger partial charge in [-0.2, -0.15) is 0 Å². The van der Waals surface area contributed by atoms with E-state index in [0.29, 0.717) is 0 Å². The van der Waals surface area contributed by atoms with Gasteiger partial charge in [0.15, 0.2) is 0 Å². The molecule has 0 heterocycles. The molecular weight excluding hydrogens is 166 g/mol. The molecule has 1 amide bonds. The number of methoxy groups -OCH3 is 1. The van der Waals surface area contributed by atoms with E-state index < -0.39 is 24.3 Å². The smallest absolute Gasteiger partial charge is 0.325 e. The number of aliphatic carboxylic acids is 1. The van der Waals surface area contributed by atoms with E-state index in [4.69, 9.17) is 5.11 Å². The predicted octanol–water partition coefficient (Wildman–Crippen LogP) is -1.25. The van der Waals surface area contributed by atoms with Crippen molar-refractivity contribution in [3.63, 3.8) is 0 Å². The van der Waals surface area contributed by atoms with Crippen molar-refractivity contribution >= 4 is 17.8 Å². The second-order valence-electron chi connectivity index (χ2n) is 1.92. The van der Waals surface area contributed by atoms with Gasteiger partial charge in [-0.05, 0) is 0 Å². The van der Waals surface area contributed by atoms with E-state index in [0.717, 1.165) is 0 Å². The van der Waals surface area contributed by atoms with Crippen LogP contribution in [0, 0.1) is 0 Å². The maximum Gasteiger partial charge on any atom is 0.325 e. The third kappa shape index (κ3) is 5.21. The molecule has 6 heteroatoms. The normalized spacial score (nSPS) is 8.75. The van der Waals surface area contributed by atoms with Gasteiger partial charge in [0, 0.05) is 0 Å². The number of hydrogen-bond acceptors (Lipinski definition) is 4. The number of esters is 1. The zero-order chi connectivity index (χ0) is 9.56. The highest BCUT2D eigenvalue weighted by Gasteiger charge is 2.08. The molecule has 6 nitrogen and oxygen atoms in total. The van der Waals surface area contributed by atoms with Crippen LogP contribution in [-0.4, -0.2) is 36.6 Å². The number of amides is 1. The van der Waals surface area contributed by atoms with Crippen LogP contribution in [0.5, 0.6) is 0 Å². The van der Waals surface area contributed by atoms with Crippen molar-refractivity contribution in [1.82, 2.24) is 5.32 Å². The molecule has 0 aromatic carbocycles. The van der Waals surface area contributed by atoms with Crippen molar-refractivity contribution in [2.45, 2.75) is 6.42 Å². The molecule has 0 aliphatic rings. The van der Waals surface area contributed by atoms with Crippen molar-refractivity contribution in [3.05, 3.63) is 0 Å². The van der Waals surface area contributed by atoms with E-state index in [1.807, 2.05) is 0 Å². The quantitative estimate of drug-likeness (QED) is 0.411. The van der Waals surface area contributed by atoms with Gasteiger partial charge >= 0.3 is 11.9 Å². The molecule has 12 heavy (non-hydrogen) atoms. The maximum absolute atomic E-state index is 10.6. The minimum atomic E-state index is -1.24. The number of carboxylic acid groups (broad SMARTS) is 1. The Morgan fingerprint density at radius 3 is 2.42 bits per heavy atom. The van der Waals surface area contributed by atoms with Gasteiger partial charge in [-0.25, -0.2) is 0 Å². The number of hydrogen-bond donors (Lipinski definition) is 2. The van der Waals surface area contributed by atoms with Gasteiger partial charge in [-0.3, -0.25) is 14.4 Å². The van der Waals surface area contributed by atoms with Crippen LogP contribution >= 0.6 is 0 Å². The number of carbonyl (C=O) groups excluding carboxylic acids is 2.